The summed E-state index contributed by atoms with van der Waals surface area (Å²) in [7, 11) is 0. The standard InChI is InChI=1S/C28H25Cl2FN4O4/c29-21-2-1-3-22(30)24(21)25-20(26(38-33-25)14-4-5-14)13-37-18-10-15-6-7-16(11-18)35(15)17-8-9-19(23(31)12-17)27-32-28(36)39-34-27/h1-3,8-9,12,14-16,18H,4-7,10-11,13H2,(H,32,34,36)/t15-,16+,18?/i13D/t13?,15-,16+,18?. The van der Waals surface area contributed by atoms with E-state index >= 15 is 4.39 Å². The molecule has 1 N–H and O–H groups in total. The van der Waals surface area contributed by atoms with Crippen molar-refractivity contribution >= 4 is 28.9 Å². The molecule has 2 unspecified atom stereocenters. The van der Waals surface area contributed by atoms with Crippen molar-refractivity contribution in [2.24, 2.45) is 0 Å². The second-order valence-electron chi connectivity index (χ2n) is 10.4. The highest BCUT2D eigenvalue weighted by molar-refractivity contribution is 6.39. The predicted octanol–water partition coefficient (Wildman–Crippen LogP) is 6.72. The molecule has 0 spiro atoms. The van der Waals surface area contributed by atoms with E-state index in [1.807, 2.05) is 6.07 Å². The van der Waals surface area contributed by atoms with Crippen molar-refractivity contribution in [1.29, 1.82) is 0 Å². The highest BCUT2D eigenvalue weighted by Gasteiger charge is 2.42. The van der Waals surface area contributed by atoms with Crippen molar-refractivity contribution in [3.63, 3.8) is 0 Å². The summed E-state index contributed by atoms with van der Waals surface area (Å²) in [6, 6.07) is 10.5. The largest absolute Gasteiger partial charge is 0.439 e. The van der Waals surface area contributed by atoms with Crippen LogP contribution in [0.15, 0.2) is 50.2 Å². The van der Waals surface area contributed by atoms with Gasteiger partial charge in [-0.3, -0.25) is 9.51 Å². The van der Waals surface area contributed by atoms with Gasteiger partial charge in [-0.15, -0.1) is 0 Å². The van der Waals surface area contributed by atoms with E-state index in [1.165, 1.54) is 6.07 Å². The summed E-state index contributed by atoms with van der Waals surface area (Å²) in [6.45, 7) is -1.01. The normalized spacial score (nSPS) is 23.7. The molecular formula is C28H25Cl2FN4O4. The molecule has 11 heteroatoms. The van der Waals surface area contributed by atoms with Crippen LogP contribution in [0, 0.1) is 5.82 Å². The van der Waals surface area contributed by atoms with Gasteiger partial charge in [0.05, 0.1) is 29.7 Å². The summed E-state index contributed by atoms with van der Waals surface area (Å²) in [6.07, 6.45) is 5.13. The lowest BCUT2D eigenvalue weighted by molar-refractivity contribution is 0.0147. The van der Waals surface area contributed by atoms with Crippen molar-refractivity contribution in [3.05, 3.63) is 74.1 Å². The number of ether oxygens (including phenoxy) is 1. The number of H-pyrrole nitrogens is 1. The molecule has 0 amide bonds. The molecule has 3 aliphatic rings. The average Bonchev–Trinajstić information content (AvgIpc) is 3.43. The van der Waals surface area contributed by atoms with Gasteiger partial charge in [0, 0.05) is 34.8 Å². The van der Waals surface area contributed by atoms with Crippen molar-refractivity contribution in [1.82, 2.24) is 15.3 Å². The summed E-state index contributed by atoms with van der Waals surface area (Å²) in [4.78, 5) is 15.9. The van der Waals surface area contributed by atoms with Crippen LogP contribution in [0.4, 0.5) is 10.1 Å². The van der Waals surface area contributed by atoms with Gasteiger partial charge < -0.3 is 14.2 Å². The van der Waals surface area contributed by atoms with E-state index in [0.29, 0.717) is 45.5 Å². The van der Waals surface area contributed by atoms with E-state index in [0.717, 1.165) is 31.4 Å². The first-order valence-electron chi connectivity index (χ1n) is 13.6. The number of anilines is 1. The lowest BCUT2D eigenvalue weighted by Crippen LogP contribution is -2.45. The van der Waals surface area contributed by atoms with Gasteiger partial charge in [0.2, 0.25) is 0 Å². The zero-order valence-corrected chi connectivity index (χ0v) is 22.2. The van der Waals surface area contributed by atoms with Gasteiger partial charge >= 0.3 is 5.76 Å². The molecular weight excluding hydrogens is 546 g/mol. The van der Waals surface area contributed by atoms with Gasteiger partial charge in [0.25, 0.3) is 0 Å². The number of fused-ring (bicyclic) bond motifs is 2. The number of piperidine rings is 1. The van der Waals surface area contributed by atoms with E-state index < -0.39 is 18.2 Å². The first-order valence-corrected chi connectivity index (χ1v) is 13.8. The van der Waals surface area contributed by atoms with Crippen LogP contribution in [-0.4, -0.2) is 33.5 Å². The fraction of sp³-hybridized carbons (Fsp3) is 0.393. The second kappa shape index (κ2) is 9.80. The molecule has 2 aromatic carbocycles. The highest BCUT2D eigenvalue weighted by atomic mass is 35.5. The zero-order chi connectivity index (χ0) is 27.5. The number of aromatic amines is 1. The minimum atomic E-state index is -1.01. The topological polar surface area (TPSA) is 97.4 Å². The Morgan fingerprint density at radius 1 is 1.08 bits per heavy atom. The number of benzene rings is 2. The molecule has 2 bridgehead atoms. The van der Waals surface area contributed by atoms with Crippen LogP contribution in [-0.2, 0) is 11.3 Å². The minimum absolute atomic E-state index is 0.0577. The van der Waals surface area contributed by atoms with Crippen molar-refractivity contribution < 1.29 is 19.5 Å². The third-order valence-electron chi connectivity index (χ3n) is 7.92. The van der Waals surface area contributed by atoms with Crippen LogP contribution in [0.5, 0.6) is 0 Å². The molecule has 0 radical (unpaired) electrons. The summed E-state index contributed by atoms with van der Waals surface area (Å²) in [5.74, 6) is -0.265. The van der Waals surface area contributed by atoms with Gasteiger partial charge in [-0.05, 0) is 68.9 Å². The second-order valence-corrected chi connectivity index (χ2v) is 11.2. The molecule has 8 nitrogen and oxygen atoms in total. The van der Waals surface area contributed by atoms with E-state index in [-0.39, 0.29) is 35.5 Å². The van der Waals surface area contributed by atoms with Crippen LogP contribution < -0.4 is 10.7 Å². The number of aromatic nitrogens is 3. The number of hydrogen-bond acceptors (Lipinski definition) is 7. The van der Waals surface area contributed by atoms with E-state index in [1.54, 1.807) is 24.3 Å². The molecule has 3 fully saturated rings. The van der Waals surface area contributed by atoms with Gasteiger partial charge in [-0.1, -0.05) is 39.6 Å². The van der Waals surface area contributed by atoms with Crippen LogP contribution in [0.1, 0.15) is 57.1 Å². The first-order chi connectivity index (χ1) is 19.4. The highest BCUT2D eigenvalue weighted by Crippen LogP contribution is 2.47. The molecule has 4 aromatic rings. The Hall–Kier alpha value is -3.14. The van der Waals surface area contributed by atoms with Crippen molar-refractivity contribution in [2.75, 3.05) is 4.90 Å². The Morgan fingerprint density at radius 3 is 2.46 bits per heavy atom. The fourth-order valence-corrected chi connectivity index (χ4v) is 6.57. The minimum Gasteiger partial charge on any atom is -0.373 e. The van der Waals surface area contributed by atoms with E-state index in [4.69, 9.17) is 33.8 Å². The molecule has 2 aromatic heterocycles. The molecule has 1 aliphatic carbocycles. The summed E-state index contributed by atoms with van der Waals surface area (Å²) < 4.78 is 40.7. The Labute approximate surface area is 234 Å². The monoisotopic (exact) mass is 571 g/mol. The summed E-state index contributed by atoms with van der Waals surface area (Å²) >= 11 is 13.0. The van der Waals surface area contributed by atoms with E-state index in [9.17, 15) is 4.79 Å². The smallest absolute Gasteiger partial charge is 0.373 e. The predicted molar refractivity (Wildman–Crippen MR) is 144 cm³/mol. The maximum atomic E-state index is 15.0. The Balaban J connectivity index is 1.11. The first kappa shape index (κ1) is 23.7. The molecule has 4 heterocycles. The lowest BCUT2D eigenvalue weighted by atomic mass is 9.98. The van der Waals surface area contributed by atoms with Crippen molar-refractivity contribution in [3.8, 4) is 22.6 Å². The molecule has 2 saturated heterocycles. The molecule has 1 saturated carbocycles. The van der Waals surface area contributed by atoms with Crippen LogP contribution >= 0.6 is 23.2 Å². The Bertz CT molecular complexity index is 1600. The summed E-state index contributed by atoms with van der Waals surface area (Å²) in [5.41, 5.74) is 2.54. The van der Waals surface area contributed by atoms with E-state index in [2.05, 4.69) is 24.7 Å². The third-order valence-corrected chi connectivity index (χ3v) is 8.55. The van der Waals surface area contributed by atoms with Crippen LogP contribution in [0.3, 0.4) is 0 Å². The maximum Gasteiger partial charge on any atom is 0.439 e. The molecule has 2 aliphatic heterocycles. The van der Waals surface area contributed by atoms with Gasteiger partial charge in [0.15, 0.2) is 5.82 Å². The molecule has 202 valence electrons. The van der Waals surface area contributed by atoms with Crippen LogP contribution in [0.25, 0.3) is 22.6 Å². The number of halogens is 3. The quantitative estimate of drug-likeness (QED) is 0.262. The third kappa shape index (κ3) is 4.56. The van der Waals surface area contributed by atoms with Gasteiger partial charge in [-0.25, -0.2) is 9.18 Å². The number of hydrogen-bond donors (Lipinski definition) is 1. The van der Waals surface area contributed by atoms with Gasteiger partial charge in [-0.2, -0.15) is 0 Å². The van der Waals surface area contributed by atoms with Gasteiger partial charge in [0.1, 0.15) is 17.3 Å². The zero-order valence-electron chi connectivity index (χ0n) is 21.7. The van der Waals surface area contributed by atoms with Crippen molar-refractivity contribution in [2.45, 2.75) is 69.2 Å². The maximum absolute atomic E-state index is 15.0. The SMILES string of the molecule is [2H]C(OC1C[C@H]2CC[C@@H](C1)N2c1ccc(-c2noc(=O)[nH]2)c(F)c1)c1c(-c2c(Cl)cccc2Cl)noc1C1CC1. The Morgan fingerprint density at radius 2 is 1.82 bits per heavy atom. The molecule has 4 atom stereocenters. The lowest BCUT2D eigenvalue weighted by Gasteiger charge is -2.40. The summed E-state index contributed by atoms with van der Waals surface area (Å²) in [5, 5.41) is 8.77. The average molecular weight is 572 g/mol. The number of nitrogens with zero attached hydrogens (tertiary/aromatic N) is 3. The number of rotatable bonds is 7. The molecule has 7 rings (SSSR count). The fourth-order valence-electron chi connectivity index (χ4n) is 5.99. The van der Waals surface area contributed by atoms with Crippen LogP contribution in [0.2, 0.25) is 10.0 Å². The Kier molecular flexibility index (Phi) is 5.96. The number of nitrogens with one attached hydrogen (secondary N) is 1. The molecule has 39 heavy (non-hydrogen) atoms.